The minimum absolute atomic E-state index is 0.770. The van der Waals surface area contributed by atoms with Crippen molar-refractivity contribution in [2.45, 2.75) is 25.3 Å². The molecule has 0 saturated heterocycles. The van der Waals surface area contributed by atoms with Gasteiger partial charge in [0, 0.05) is 23.7 Å². The van der Waals surface area contributed by atoms with Gasteiger partial charge in [-0.2, -0.15) is 0 Å². The third-order valence-corrected chi connectivity index (χ3v) is 4.84. The molecule has 0 atom stereocenters. The molecular formula is C16H17N3S. The van der Waals surface area contributed by atoms with Crippen LogP contribution < -0.4 is 5.32 Å². The summed E-state index contributed by atoms with van der Waals surface area (Å²) in [5.74, 6) is 1.07. The number of nitrogens with zero attached hydrogens (tertiary/aromatic N) is 1. The van der Waals surface area contributed by atoms with Crippen LogP contribution in [0.3, 0.4) is 0 Å². The quantitative estimate of drug-likeness (QED) is 0.751. The first-order chi connectivity index (χ1) is 9.88. The second-order valence-electron chi connectivity index (χ2n) is 5.37. The van der Waals surface area contributed by atoms with Crippen molar-refractivity contribution >= 4 is 21.4 Å². The van der Waals surface area contributed by atoms with Gasteiger partial charge in [-0.25, -0.2) is 4.98 Å². The Labute approximate surface area is 122 Å². The normalized spacial score (nSPS) is 15.0. The molecule has 2 N–H and O–H groups in total. The number of hydrogen-bond donors (Lipinski definition) is 2. The van der Waals surface area contributed by atoms with Crippen LogP contribution in [0, 0.1) is 0 Å². The zero-order valence-corrected chi connectivity index (χ0v) is 12.0. The molecule has 0 aliphatic heterocycles. The van der Waals surface area contributed by atoms with E-state index in [2.05, 4.69) is 45.6 Å². The summed E-state index contributed by atoms with van der Waals surface area (Å²) >= 11 is 1.82. The molecule has 4 rings (SSSR count). The van der Waals surface area contributed by atoms with E-state index >= 15 is 0 Å². The highest BCUT2D eigenvalue weighted by molar-refractivity contribution is 7.22. The fourth-order valence-electron chi connectivity index (χ4n) is 2.41. The summed E-state index contributed by atoms with van der Waals surface area (Å²) in [6.45, 7) is 1.02. The van der Waals surface area contributed by atoms with E-state index in [1.54, 1.807) is 0 Å². The van der Waals surface area contributed by atoms with Crippen molar-refractivity contribution < 1.29 is 0 Å². The number of aromatic amines is 1. The Morgan fingerprint density at radius 2 is 2.20 bits per heavy atom. The number of thiophene rings is 1. The van der Waals surface area contributed by atoms with Crippen LogP contribution in [0.5, 0.6) is 0 Å². The van der Waals surface area contributed by atoms with Crippen molar-refractivity contribution in [2.75, 3.05) is 6.54 Å². The molecule has 0 unspecified atom stereocenters. The van der Waals surface area contributed by atoms with E-state index < -0.39 is 0 Å². The van der Waals surface area contributed by atoms with E-state index in [9.17, 15) is 0 Å². The maximum Gasteiger partial charge on any atom is 0.107 e. The molecule has 3 nitrogen and oxygen atoms in total. The lowest BCUT2D eigenvalue weighted by atomic mass is 10.2. The summed E-state index contributed by atoms with van der Waals surface area (Å²) in [7, 11) is 0. The van der Waals surface area contributed by atoms with Crippen molar-refractivity contribution in [1.82, 2.24) is 15.3 Å². The van der Waals surface area contributed by atoms with Crippen LogP contribution in [-0.2, 0) is 6.42 Å². The van der Waals surface area contributed by atoms with Gasteiger partial charge in [-0.1, -0.05) is 18.2 Å². The zero-order chi connectivity index (χ0) is 13.4. The van der Waals surface area contributed by atoms with Crippen molar-refractivity contribution in [2.24, 2.45) is 0 Å². The Bertz CT molecular complexity index is 691. The number of nitrogens with one attached hydrogen (secondary N) is 2. The standard InChI is InChI=1S/C16H17N3S/c1-2-4-14-11(3-1)9-15(20-14)13-10-18-16(19-13)7-8-17-12-5-6-12/h1-4,9-10,12,17H,5-8H2,(H,18,19). The Morgan fingerprint density at radius 1 is 1.30 bits per heavy atom. The van der Waals surface area contributed by atoms with E-state index in [0.29, 0.717) is 0 Å². The Balaban J connectivity index is 1.51. The fraction of sp³-hybridized carbons (Fsp3) is 0.312. The van der Waals surface area contributed by atoms with Gasteiger partial charge >= 0.3 is 0 Å². The number of fused-ring (bicyclic) bond motifs is 1. The van der Waals surface area contributed by atoms with Gasteiger partial charge in [0.1, 0.15) is 5.82 Å². The summed E-state index contributed by atoms with van der Waals surface area (Å²) in [6, 6.07) is 11.5. The van der Waals surface area contributed by atoms with Crippen LogP contribution in [0.15, 0.2) is 36.5 Å². The van der Waals surface area contributed by atoms with Gasteiger partial charge in [0.05, 0.1) is 16.8 Å². The first-order valence-electron chi connectivity index (χ1n) is 7.15. The molecule has 4 heteroatoms. The maximum atomic E-state index is 4.49. The molecule has 1 fully saturated rings. The average molecular weight is 283 g/mol. The summed E-state index contributed by atoms with van der Waals surface area (Å²) in [4.78, 5) is 9.20. The van der Waals surface area contributed by atoms with Crippen LogP contribution >= 0.6 is 11.3 Å². The molecule has 2 aromatic heterocycles. The molecule has 0 radical (unpaired) electrons. The Hall–Kier alpha value is -1.65. The zero-order valence-electron chi connectivity index (χ0n) is 11.2. The highest BCUT2D eigenvalue weighted by Gasteiger charge is 2.19. The number of imidazole rings is 1. The topological polar surface area (TPSA) is 40.7 Å². The lowest BCUT2D eigenvalue weighted by Crippen LogP contribution is -2.19. The van der Waals surface area contributed by atoms with Crippen LogP contribution in [0.2, 0.25) is 0 Å². The molecule has 0 amide bonds. The first-order valence-corrected chi connectivity index (χ1v) is 7.96. The number of hydrogen-bond acceptors (Lipinski definition) is 3. The van der Waals surface area contributed by atoms with Crippen LogP contribution in [-0.4, -0.2) is 22.6 Å². The molecule has 1 saturated carbocycles. The van der Waals surface area contributed by atoms with E-state index in [0.717, 1.165) is 30.5 Å². The minimum Gasteiger partial charge on any atom is -0.341 e. The molecule has 3 aromatic rings. The molecule has 20 heavy (non-hydrogen) atoms. The van der Waals surface area contributed by atoms with E-state index in [1.165, 1.54) is 27.8 Å². The molecule has 1 aliphatic rings. The molecule has 0 spiro atoms. The monoisotopic (exact) mass is 283 g/mol. The summed E-state index contributed by atoms with van der Waals surface area (Å²) in [5.41, 5.74) is 1.13. The van der Waals surface area contributed by atoms with Crippen molar-refractivity contribution in [3.8, 4) is 10.6 Å². The first kappa shape index (κ1) is 12.1. The van der Waals surface area contributed by atoms with E-state index in [1.807, 2.05) is 17.5 Å². The van der Waals surface area contributed by atoms with Gasteiger partial charge in [0.2, 0.25) is 0 Å². The predicted octanol–water partition coefficient (Wildman–Crippen LogP) is 3.59. The van der Waals surface area contributed by atoms with Crippen LogP contribution in [0.25, 0.3) is 20.7 Å². The SMILES string of the molecule is c1ccc2sc(-c3cnc(CCNC4CC4)[nH]3)cc2c1. The number of benzene rings is 1. The molecule has 102 valence electrons. The minimum atomic E-state index is 0.770. The third kappa shape index (κ3) is 2.49. The highest BCUT2D eigenvalue weighted by Crippen LogP contribution is 2.32. The number of aromatic nitrogens is 2. The number of rotatable bonds is 5. The molecule has 0 bridgehead atoms. The van der Waals surface area contributed by atoms with Gasteiger partial charge in [0.25, 0.3) is 0 Å². The second-order valence-corrected chi connectivity index (χ2v) is 6.45. The molecular weight excluding hydrogens is 266 g/mol. The number of H-pyrrole nitrogens is 1. The summed E-state index contributed by atoms with van der Waals surface area (Å²) in [6.07, 6.45) is 5.61. The summed E-state index contributed by atoms with van der Waals surface area (Å²) in [5, 5.41) is 4.82. The van der Waals surface area contributed by atoms with Gasteiger partial charge in [-0.15, -0.1) is 11.3 Å². The largest absolute Gasteiger partial charge is 0.341 e. The smallest absolute Gasteiger partial charge is 0.107 e. The highest BCUT2D eigenvalue weighted by atomic mass is 32.1. The lowest BCUT2D eigenvalue weighted by molar-refractivity contribution is 0.669. The predicted molar refractivity (Wildman–Crippen MR) is 84.1 cm³/mol. The van der Waals surface area contributed by atoms with Gasteiger partial charge in [0.15, 0.2) is 0 Å². The summed E-state index contributed by atoms with van der Waals surface area (Å²) < 4.78 is 1.33. The average Bonchev–Trinajstić information content (AvgIpc) is 3.01. The van der Waals surface area contributed by atoms with Crippen molar-refractivity contribution in [3.05, 3.63) is 42.4 Å². The third-order valence-electron chi connectivity index (χ3n) is 3.69. The Kier molecular flexibility index (Phi) is 3.05. The molecule has 1 aromatic carbocycles. The fourth-order valence-corrected chi connectivity index (χ4v) is 3.44. The maximum absolute atomic E-state index is 4.49. The van der Waals surface area contributed by atoms with E-state index in [4.69, 9.17) is 0 Å². The van der Waals surface area contributed by atoms with Crippen LogP contribution in [0.1, 0.15) is 18.7 Å². The molecule has 1 aliphatic carbocycles. The van der Waals surface area contributed by atoms with E-state index in [-0.39, 0.29) is 0 Å². The molecule has 2 heterocycles. The van der Waals surface area contributed by atoms with Crippen molar-refractivity contribution in [3.63, 3.8) is 0 Å². The van der Waals surface area contributed by atoms with Gasteiger partial charge in [-0.3, -0.25) is 0 Å². The second kappa shape index (κ2) is 5.04. The van der Waals surface area contributed by atoms with Crippen molar-refractivity contribution in [1.29, 1.82) is 0 Å². The van der Waals surface area contributed by atoms with Gasteiger partial charge < -0.3 is 10.3 Å². The lowest BCUT2D eigenvalue weighted by Gasteiger charge is -1.99. The van der Waals surface area contributed by atoms with Crippen LogP contribution in [0.4, 0.5) is 0 Å². The van der Waals surface area contributed by atoms with Gasteiger partial charge in [-0.05, 0) is 30.4 Å². The Morgan fingerprint density at radius 3 is 3.05 bits per heavy atom.